The standard InChI is InChI=1S/C48H33NO/c1-4-12-34(13-5-1)36-20-22-38(23-21-36)44-32-46-43-18-10-11-19-47(43)50-48(46)33-45(44)39-26-30-42(31-27-39)49(40-16-8-3-9-17-40)41-28-24-37(25-29-41)35-14-6-2-7-15-35/h1-33H. The van der Waals surface area contributed by atoms with Crippen molar-refractivity contribution in [1.82, 2.24) is 0 Å². The summed E-state index contributed by atoms with van der Waals surface area (Å²) >= 11 is 0. The van der Waals surface area contributed by atoms with Crippen LogP contribution < -0.4 is 4.90 Å². The van der Waals surface area contributed by atoms with Crippen LogP contribution in [0.15, 0.2) is 205 Å². The summed E-state index contributed by atoms with van der Waals surface area (Å²) in [7, 11) is 0. The number of fused-ring (bicyclic) bond motifs is 3. The molecule has 1 aromatic heterocycles. The Hall–Kier alpha value is -6.64. The zero-order chi connectivity index (χ0) is 33.3. The van der Waals surface area contributed by atoms with Crippen LogP contribution >= 0.6 is 0 Å². The van der Waals surface area contributed by atoms with Crippen molar-refractivity contribution in [2.45, 2.75) is 0 Å². The van der Waals surface area contributed by atoms with E-state index in [0.29, 0.717) is 0 Å². The Bertz CT molecular complexity index is 2530. The normalized spacial score (nSPS) is 11.2. The Morgan fingerprint density at radius 3 is 1.26 bits per heavy atom. The van der Waals surface area contributed by atoms with Gasteiger partial charge in [-0.2, -0.15) is 0 Å². The fourth-order valence-corrected chi connectivity index (χ4v) is 6.97. The summed E-state index contributed by atoms with van der Waals surface area (Å²) in [5.41, 5.74) is 14.5. The average molecular weight is 640 g/mol. The zero-order valence-corrected chi connectivity index (χ0v) is 27.4. The third-order valence-electron chi connectivity index (χ3n) is 9.50. The van der Waals surface area contributed by atoms with Gasteiger partial charge in [0, 0.05) is 27.8 Å². The van der Waals surface area contributed by atoms with Crippen molar-refractivity contribution in [3.05, 3.63) is 200 Å². The number of anilines is 3. The average Bonchev–Trinajstić information content (AvgIpc) is 3.57. The van der Waals surface area contributed by atoms with Crippen molar-refractivity contribution in [2.75, 3.05) is 4.90 Å². The molecule has 0 fully saturated rings. The largest absolute Gasteiger partial charge is 0.456 e. The second-order valence-electron chi connectivity index (χ2n) is 12.6. The number of rotatable bonds is 7. The third-order valence-corrected chi connectivity index (χ3v) is 9.50. The van der Waals surface area contributed by atoms with Crippen LogP contribution in [0.4, 0.5) is 17.1 Å². The van der Waals surface area contributed by atoms with Crippen molar-refractivity contribution in [2.24, 2.45) is 0 Å². The van der Waals surface area contributed by atoms with Gasteiger partial charge in [-0.3, -0.25) is 0 Å². The maximum absolute atomic E-state index is 6.39. The summed E-state index contributed by atoms with van der Waals surface area (Å²) in [6.07, 6.45) is 0. The summed E-state index contributed by atoms with van der Waals surface area (Å²) in [4.78, 5) is 2.31. The molecular weight excluding hydrogens is 607 g/mol. The summed E-state index contributed by atoms with van der Waals surface area (Å²) in [5.74, 6) is 0. The zero-order valence-electron chi connectivity index (χ0n) is 27.4. The number of furan rings is 1. The van der Waals surface area contributed by atoms with E-state index in [1.54, 1.807) is 0 Å². The molecule has 0 aliphatic heterocycles. The minimum absolute atomic E-state index is 0.888. The number of hydrogen-bond donors (Lipinski definition) is 0. The molecule has 2 heteroatoms. The quantitative estimate of drug-likeness (QED) is 0.173. The number of benzene rings is 8. The highest BCUT2D eigenvalue weighted by Crippen LogP contribution is 2.42. The molecule has 0 spiro atoms. The predicted molar refractivity (Wildman–Crippen MR) is 210 cm³/mol. The molecule has 2 nitrogen and oxygen atoms in total. The van der Waals surface area contributed by atoms with Gasteiger partial charge < -0.3 is 9.32 Å². The van der Waals surface area contributed by atoms with Crippen molar-refractivity contribution in [3.63, 3.8) is 0 Å². The van der Waals surface area contributed by atoms with Crippen molar-refractivity contribution >= 4 is 39.0 Å². The van der Waals surface area contributed by atoms with Crippen LogP contribution in [0, 0.1) is 0 Å². The molecule has 8 aromatic carbocycles. The first-order chi connectivity index (χ1) is 24.8. The predicted octanol–water partition coefficient (Wildman–Crippen LogP) is 13.7. The SMILES string of the molecule is c1ccc(-c2ccc(-c3cc4c(cc3-c3ccc(N(c5ccccc5)c5ccc(-c6ccccc6)cc5)cc3)oc3ccccc34)cc2)cc1. The lowest BCUT2D eigenvalue weighted by atomic mass is 9.91. The fourth-order valence-electron chi connectivity index (χ4n) is 6.97. The molecule has 0 saturated carbocycles. The number of hydrogen-bond acceptors (Lipinski definition) is 2. The molecule has 0 radical (unpaired) electrons. The molecule has 9 aromatic rings. The minimum Gasteiger partial charge on any atom is -0.456 e. The van der Waals surface area contributed by atoms with Crippen LogP contribution in [0.25, 0.3) is 66.4 Å². The minimum atomic E-state index is 0.888. The highest BCUT2D eigenvalue weighted by atomic mass is 16.3. The van der Waals surface area contributed by atoms with Crippen molar-refractivity contribution in [3.8, 4) is 44.5 Å². The van der Waals surface area contributed by atoms with E-state index in [1.807, 2.05) is 12.1 Å². The first kappa shape index (κ1) is 29.5. The van der Waals surface area contributed by atoms with Crippen LogP contribution in [0.1, 0.15) is 0 Å². The molecule has 0 unspecified atom stereocenters. The lowest BCUT2D eigenvalue weighted by Gasteiger charge is -2.26. The summed E-state index contributed by atoms with van der Waals surface area (Å²) in [6.45, 7) is 0. The smallest absolute Gasteiger partial charge is 0.136 e. The number of para-hydroxylation sites is 2. The Labute approximate surface area is 292 Å². The molecule has 0 atom stereocenters. The van der Waals surface area contributed by atoms with Crippen molar-refractivity contribution < 1.29 is 4.42 Å². The lowest BCUT2D eigenvalue weighted by Crippen LogP contribution is -2.09. The summed E-state index contributed by atoms with van der Waals surface area (Å²) < 4.78 is 6.39. The van der Waals surface area contributed by atoms with Crippen LogP contribution in [0.3, 0.4) is 0 Å². The molecule has 1 heterocycles. The molecule has 0 saturated heterocycles. The maximum atomic E-state index is 6.39. The first-order valence-electron chi connectivity index (χ1n) is 17.0. The molecule has 0 N–H and O–H groups in total. The van der Waals surface area contributed by atoms with Gasteiger partial charge in [-0.15, -0.1) is 0 Å². The van der Waals surface area contributed by atoms with Gasteiger partial charge in [-0.1, -0.05) is 146 Å². The Morgan fingerprint density at radius 2 is 0.680 bits per heavy atom. The van der Waals surface area contributed by atoms with Gasteiger partial charge in [0.15, 0.2) is 0 Å². The lowest BCUT2D eigenvalue weighted by molar-refractivity contribution is 0.669. The number of nitrogens with zero attached hydrogens (tertiary/aromatic N) is 1. The van der Waals surface area contributed by atoms with Crippen LogP contribution in [-0.2, 0) is 0 Å². The summed E-state index contributed by atoms with van der Waals surface area (Å²) in [5, 5.41) is 2.25. The van der Waals surface area contributed by atoms with Gasteiger partial charge in [0.05, 0.1) is 0 Å². The highest BCUT2D eigenvalue weighted by molar-refractivity contribution is 6.09. The third kappa shape index (κ3) is 5.53. The molecular formula is C48H33NO. The summed E-state index contributed by atoms with van der Waals surface area (Å²) in [6, 6.07) is 71.0. The Balaban J connectivity index is 1.14. The monoisotopic (exact) mass is 639 g/mol. The molecule has 0 aliphatic carbocycles. The van der Waals surface area contributed by atoms with Gasteiger partial charge in [0.25, 0.3) is 0 Å². The highest BCUT2D eigenvalue weighted by Gasteiger charge is 2.17. The van der Waals surface area contributed by atoms with E-state index in [1.165, 1.54) is 33.4 Å². The fraction of sp³-hybridized carbons (Fsp3) is 0. The molecule has 236 valence electrons. The molecule has 9 rings (SSSR count). The molecule has 50 heavy (non-hydrogen) atoms. The van der Waals surface area contributed by atoms with Gasteiger partial charge in [-0.25, -0.2) is 0 Å². The Kier molecular flexibility index (Phi) is 7.53. The van der Waals surface area contributed by atoms with E-state index in [0.717, 1.165) is 50.1 Å². The molecule has 0 aliphatic rings. The van der Waals surface area contributed by atoms with E-state index in [-0.39, 0.29) is 0 Å². The van der Waals surface area contributed by atoms with Gasteiger partial charge in [0.2, 0.25) is 0 Å². The van der Waals surface area contributed by atoms with E-state index in [2.05, 4.69) is 193 Å². The van der Waals surface area contributed by atoms with Crippen LogP contribution in [0.2, 0.25) is 0 Å². The molecule has 0 bridgehead atoms. The second kappa shape index (κ2) is 12.8. The maximum Gasteiger partial charge on any atom is 0.136 e. The first-order valence-corrected chi connectivity index (χ1v) is 17.0. The van der Waals surface area contributed by atoms with Crippen molar-refractivity contribution in [1.29, 1.82) is 0 Å². The van der Waals surface area contributed by atoms with Crippen LogP contribution in [0.5, 0.6) is 0 Å². The topological polar surface area (TPSA) is 16.4 Å². The van der Waals surface area contributed by atoms with E-state index < -0.39 is 0 Å². The molecule has 0 amide bonds. The van der Waals surface area contributed by atoms with Crippen LogP contribution in [-0.4, -0.2) is 0 Å². The van der Waals surface area contributed by atoms with E-state index in [9.17, 15) is 0 Å². The van der Waals surface area contributed by atoms with E-state index >= 15 is 0 Å². The van der Waals surface area contributed by atoms with Gasteiger partial charge >= 0.3 is 0 Å². The van der Waals surface area contributed by atoms with E-state index in [4.69, 9.17) is 4.42 Å². The second-order valence-corrected chi connectivity index (χ2v) is 12.6. The van der Waals surface area contributed by atoms with Gasteiger partial charge in [-0.05, 0) is 99.1 Å². The van der Waals surface area contributed by atoms with Gasteiger partial charge in [0.1, 0.15) is 11.2 Å². The Morgan fingerprint density at radius 1 is 0.280 bits per heavy atom.